The molecular formula is C12H8N2OS. The number of nitrogens with zero attached hydrogens (tertiary/aromatic N) is 2. The van der Waals surface area contributed by atoms with Gasteiger partial charge < -0.3 is 5.11 Å². The summed E-state index contributed by atoms with van der Waals surface area (Å²) in [5.41, 5.74) is 0.581. The molecule has 0 amide bonds. The molecular weight excluding hydrogens is 220 g/mol. The van der Waals surface area contributed by atoms with E-state index in [1.807, 2.05) is 6.07 Å². The fourth-order valence-corrected chi connectivity index (χ4v) is 2.07. The highest BCUT2D eigenvalue weighted by atomic mass is 32.2. The molecule has 0 atom stereocenters. The van der Waals surface area contributed by atoms with Crippen molar-refractivity contribution in [2.75, 3.05) is 0 Å². The summed E-state index contributed by atoms with van der Waals surface area (Å²) < 4.78 is 0. The van der Waals surface area contributed by atoms with E-state index in [4.69, 9.17) is 5.26 Å². The molecule has 1 aromatic heterocycles. The predicted molar refractivity (Wildman–Crippen MR) is 61.2 cm³/mol. The lowest BCUT2D eigenvalue weighted by atomic mass is 10.3. The Labute approximate surface area is 97.4 Å². The third kappa shape index (κ3) is 2.53. The van der Waals surface area contributed by atoms with E-state index in [2.05, 4.69) is 11.1 Å². The van der Waals surface area contributed by atoms with Gasteiger partial charge in [-0.15, -0.1) is 0 Å². The molecule has 0 saturated carbocycles. The molecule has 0 aliphatic heterocycles. The van der Waals surface area contributed by atoms with Crippen LogP contribution in [0, 0.1) is 11.3 Å². The van der Waals surface area contributed by atoms with Gasteiger partial charge in [0, 0.05) is 11.1 Å². The summed E-state index contributed by atoms with van der Waals surface area (Å²) in [5.74, 6) is 0.224. The second-order valence-corrected chi connectivity index (χ2v) is 4.19. The van der Waals surface area contributed by atoms with Crippen molar-refractivity contribution in [1.29, 1.82) is 5.26 Å². The van der Waals surface area contributed by atoms with E-state index >= 15 is 0 Å². The van der Waals surface area contributed by atoms with Crippen molar-refractivity contribution in [2.24, 2.45) is 0 Å². The first kappa shape index (κ1) is 10.5. The van der Waals surface area contributed by atoms with E-state index < -0.39 is 0 Å². The largest absolute Gasteiger partial charge is 0.508 e. The average molecular weight is 228 g/mol. The smallest absolute Gasteiger partial charge is 0.116 e. The quantitative estimate of drug-likeness (QED) is 0.858. The highest BCUT2D eigenvalue weighted by Crippen LogP contribution is 2.28. The number of phenols is 1. The summed E-state index contributed by atoms with van der Waals surface area (Å²) in [4.78, 5) is 5.03. The number of benzene rings is 1. The number of nitriles is 1. The first-order valence-corrected chi connectivity index (χ1v) is 5.42. The van der Waals surface area contributed by atoms with Crippen molar-refractivity contribution in [1.82, 2.24) is 4.98 Å². The summed E-state index contributed by atoms with van der Waals surface area (Å²) in [6.07, 6.45) is 1.60. The van der Waals surface area contributed by atoms with Crippen LogP contribution in [0.15, 0.2) is 52.5 Å². The topological polar surface area (TPSA) is 56.9 Å². The number of hydrogen-bond donors (Lipinski definition) is 1. The van der Waals surface area contributed by atoms with Gasteiger partial charge >= 0.3 is 0 Å². The molecule has 0 bridgehead atoms. The number of phenolic OH excluding ortho intramolecular Hbond substituents is 1. The van der Waals surface area contributed by atoms with Crippen molar-refractivity contribution in [3.8, 4) is 11.8 Å². The summed E-state index contributed by atoms with van der Waals surface area (Å²) in [5, 5.41) is 18.8. The maximum Gasteiger partial charge on any atom is 0.116 e. The first-order valence-electron chi connectivity index (χ1n) is 4.61. The van der Waals surface area contributed by atoms with Crippen molar-refractivity contribution in [3.63, 3.8) is 0 Å². The van der Waals surface area contributed by atoms with Crippen LogP contribution in [0.1, 0.15) is 5.56 Å². The van der Waals surface area contributed by atoms with Gasteiger partial charge in [-0.3, -0.25) is 0 Å². The third-order valence-corrected chi connectivity index (χ3v) is 2.83. The number of aromatic hydroxyl groups is 1. The molecule has 0 aliphatic carbocycles. The van der Waals surface area contributed by atoms with Crippen LogP contribution in [0.4, 0.5) is 0 Å². The molecule has 0 fully saturated rings. The van der Waals surface area contributed by atoms with E-state index in [0.717, 1.165) is 9.92 Å². The Morgan fingerprint density at radius 3 is 2.88 bits per heavy atom. The summed E-state index contributed by atoms with van der Waals surface area (Å²) >= 11 is 1.41. The minimum Gasteiger partial charge on any atom is -0.508 e. The molecule has 0 unspecified atom stereocenters. The maximum absolute atomic E-state index is 9.31. The number of rotatable bonds is 2. The highest BCUT2D eigenvalue weighted by molar-refractivity contribution is 7.99. The van der Waals surface area contributed by atoms with Gasteiger partial charge in [-0.1, -0.05) is 17.8 Å². The van der Waals surface area contributed by atoms with E-state index in [0.29, 0.717) is 5.56 Å². The van der Waals surface area contributed by atoms with Gasteiger partial charge in [-0.25, -0.2) is 4.98 Å². The molecule has 0 spiro atoms. The van der Waals surface area contributed by atoms with Crippen LogP contribution in [0.3, 0.4) is 0 Å². The Balaban J connectivity index is 2.24. The SMILES string of the molecule is N#Cc1ccnc(Sc2cccc(O)c2)c1. The zero-order chi connectivity index (χ0) is 11.4. The van der Waals surface area contributed by atoms with Gasteiger partial charge in [0.15, 0.2) is 0 Å². The van der Waals surface area contributed by atoms with Gasteiger partial charge in [0.25, 0.3) is 0 Å². The zero-order valence-corrected chi connectivity index (χ0v) is 9.11. The third-order valence-electron chi connectivity index (χ3n) is 1.90. The van der Waals surface area contributed by atoms with Gasteiger partial charge in [0.2, 0.25) is 0 Å². The monoisotopic (exact) mass is 228 g/mol. The van der Waals surface area contributed by atoms with Crippen molar-refractivity contribution in [2.45, 2.75) is 9.92 Å². The molecule has 2 aromatic rings. The van der Waals surface area contributed by atoms with Gasteiger partial charge in [0.1, 0.15) is 10.8 Å². The molecule has 1 N–H and O–H groups in total. The predicted octanol–water partition coefficient (Wildman–Crippen LogP) is 2.81. The van der Waals surface area contributed by atoms with E-state index in [1.54, 1.807) is 36.5 Å². The summed E-state index contributed by atoms with van der Waals surface area (Å²) in [6.45, 7) is 0. The van der Waals surface area contributed by atoms with Crippen LogP contribution in [0.2, 0.25) is 0 Å². The Hall–Kier alpha value is -1.99. The second-order valence-electron chi connectivity index (χ2n) is 3.09. The average Bonchev–Trinajstić information content (AvgIpc) is 2.29. The normalized spacial score (nSPS) is 9.69. The van der Waals surface area contributed by atoms with Crippen LogP contribution >= 0.6 is 11.8 Å². The molecule has 3 nitrogen and oxygen atoms in total. The fraction of sp³-hybridized carbons (Fsp3) is 0. The molecule has 0 radical (unpaired) electrons. The minimum absolute atomic E-state index is 0.224. The Morgan fingerprint density at radius 2 is 2.12 bits per heavy atom. The van der Waals surface area contributed by atoms with Crippen molar-refractivity contribution >= 4 is 11.8 Å². The minimum atomic E-state index is 0.224. The second kappa shape index (κ2) is 4.69. The lowest BCUT2D eigenvalue weighted by Gasteiger charge is -2.01. The molecule has 2 rings (SSSR count). The number of pyridine rings is 1. The lowest BCUT2D eigenvalue weighted by Crippen LogP contribution is -1.81. The maximum atomic E-state index is 9.31. The Bertz CT molecular complexity index is 549. The van der Waals surface area contributed by atoms with Crippen LogP contribution in [-0.2, 0) is 0 Å². The first-order chi connectivity index (χ1) is 7.78. The molecule has 0 aliphatic rings. The van der Waals surface area contributed by atoms with Gasteiger partial charge in [-0.2, -0.15) is 5.26 Å². The molecule has 1 aromatic carbocycles. The van der Waals surface area contributed by atoms with Crippen LogP contribution < -0.4 is 0 Å². The van der Waals surface area contributed by atoms with E-state index in [1.165, 1.54) is 11.8 Å². The summed E-state index contributed by atoms with van der Waals surface area (Å²) in [7, 11) is 0. The van der Waals surface area contributed by atoms with Crippen LogP contribution in [-0.4, -0.2) is 10.1 Å². The molecule has 16 heavy (non-hydrogen) atoms. The molecule has 1 heterocycles. The Kier molecular flexibility index (Phi) is 3.08. The van der Waals surface area contributed by atoms with Crippen LogP contribution in [0.25, 0.3) is 0 Å². The van der Waals surface area contributed by atoms with Gasteiger partial charge in [0.05, 0.1) is 11.6 Å². The fourth-order valence-electron chi connectivity index (χ4n) is 1.20. The lowest BCUT2D eigenvalue weighted by molar-refractivity contribution is 0.474. The molecule has 4 heteroatoms. The Morgan fingerprint density at radius 1 is 1.25 bits per heavy atom. The van der Waals surface area contributed by atoms with Crippen molar-refractivity contribution < 1.29 is 5.11 Å². The van der Waals surface area contributed by atoms with Crippen molar-refractivity contribution in [3.05, 3.63) is 48.2 Å². The van der Waals surface area contributed by atoms with E-state index in [-0.39, 0.29) is 5.75 Å². The number of aromatic nitrogens is 1. The standard InChI is InChI=1S/C12H8N2OS/c13-8-9-4-5-14-12(6-9)16-11-3-1-2-10(15)7-11/h1-7,15H. The van der Waals surface area contributed by atoms with Crippen LogP contribution in [0.5, 0.6) is 5.75 Å². The molecule has 0 saturated heterocycles. The number of hydrogen-bond acceptors (Lipinski definition) is 4. The van der Waals surface area contributed by atoms with Gasteiger partial charge in [-0.05, 0) is 30.3 Å². The zero-order valence-electron chi connectivity index (χ0n) is 8.29. The highest BCUT2D eigenvalue weighted by Gasteiger charge is 2.00. The summed E-state index contributed by atoms with van der Waals surface area (Å²) in [6, 6.07) is 12.4. The van der Waals surface area contributed by atoms with E-state index in [9.17, 15) is 5.11 Å². The molecule has 78 valence electrons.